The fraction of sp³-hybridized carbons (Fsp3) is 1.00. The molecule has 0 bridgehead atoms. The van der Waals surface area contributed by atoms with E-state index in [1.165, 1.54) is 0 Å². The third kappa shape index (κ3) is 9.88. The molecule has 0 heterocycles. The van der Waals surface area contributed by atoms with E-state index in [9.17, 15) is 0 Å². The monoisotopic (exact) mass is 161 g/mol. The molecule has 0 aromatic carbocycles. The molecule has 3 N–H and O–H groups in total. The Morgan fingerprint density at radius 3 is 2.27 bits per heavy atom. The van der Waals surface area contributed by atoms with Crippen LogP contribution in [0.25, 0.3) is 0 Å². The molecule has 2 unspecified atom stereocenters. The molecule has 11 heavy (non-hydrogen) atoms. The summed E-state index contributed by atoms with van der Waals surface area (Å²) in [6.07, 6.45) is 1.31. The first-order valence-electron chi connectivity index (χ1n) is 4.19. The van der Waals surface area contributed by atoms with Gasteiger partial charge in [-0.1, -0.05) is 0 Å². The Hall–Kier alpha value is -0.120. The Kier molecular flexibility index (Phi) is 6.51. The van der Waals surface area contributed by atoms with Gasteiger partial charge >= 0.3 is 0 Å². The van der Waals surface area contributed by atoms with Gasteiger partial charge in [0.2, 0.25) is 0 Å². The normalized spacial score (nSPS) is 16.4. The van der Waals surface area contributed by atoms with Crippen LogP contribution in [0.15, 0.2) is 0 Å². The van der Waals surface area contributed by atoms with Crippen LogP contribution in [0.2, 0.25) is 0 Å². The lowest BCUT2D eigenvalue weighted by atomic mass is 10.2. The summed E-state index contributed by atoms with van der Waals surface area (Å²) in [5, 5.41) is 20.8. The van der Waals surface area contributed by atoms with Gasteiger partial charge in [0, 0.05) is 6.54 Å². The third-order valence-corrected chi connectivity index (χ3v) is 1.42. The van der Waals surface area contributed by atoms with Crippen LogP contribution in [0.4, 0.5) is 0 Å². The minimum absolute atomic E-state index is 0.205. The van der Waals surface area contributed by atoms with Gasteiger partial charge in [-0.3, -0.25) is 0 Å². The van der Waals surface area contributed by atoms with Gasteiger partial charge in [0.05, 0.1) is 12.2 Å². The summed E-state index contributed by atoms with van der Waals surface area (Å²) in [6.45, 7) is 5.05. The molecule has 0 saturated carbocycles. The van der Waals surface area contributed by atoms with Crippen molar-refractivity contribution in [3.8, 4) is 0 Å². The van der Waals surface area contributed by atoms with E-state index in [2.05, 4.69) is 5.32 Å². The van der Waals surface area contributed by atoms with E-state index in [0.29, 0.717) is 6.54 Å². The first kappa shape index (κ1) is 10.9. The minimum Gasteiger partial charge on any atom is -0.393 e. The Bertz CT molecular complexity index is 74.2. The van der Waals surface area contributed by atoms with Crippen LogP contribution < -0.4 is 5.32 Å². The zero-order valence-electron chi connectivity index (χ0n) is 7.38. The lowest BCUT2D eigenvalue weighted by Gasteiger charge is -2.07. The van der Waals surface area contributed by atoms with Gasteiger partial charge in [-0.15, -0.1) is 0 Å². The van der Waals surface area contributed by atoms with Crippen molar-refractivity contribution in [3.63, 3.8) is 0 Å². The average Bonchev–Trinajstić information content (AvgIpc) is 1.85. The number of hydrogen-bond acceptors (Lipinski definition) is 3. The second kappa shape index (κ2) is 6.58. The van der Waals surface area contributed by atoms with Gasteiger partial charge in [-0.05, 0) is 33.2 Å². The lowest BCUT2D eigenvalue weighted by Crippen LogP contribution is -2.25. The Labute approximate surface area is 68.4 Å². The highest BCUT2D eigenvalue weighted by atomic mass is 16.3. The quantitative estimate of drug-likeness (QED) is 0.485. The molecular weight excluding hydrogens is 142 g/mol. The van der Waals surface area contributed by atoms with Gasteiger partial charge in [0.1, 0.15) is 0 Å². The largest absolute Gasteiger partial charge is 0.393 e. The smallest absolute Gasteiger partial charge is 0.0636 e. The summed E-state index contributed by atoms with van der Waals surface area (Å²) < 4.78 is 0. The van der Waals surface area contributed by atoms with E-state index >= 15 is 0 Å². The first-order valence-corrected chi connectivity index (χ1v) is 4.19. The average molecular weight is 161 g/mol. The van der Waals surface area contributed by atoms with Crippen molar-refractivity contribution in [1.82, 2.24) is 5.32 Å². The minimum atomic E-state index is -0.276. The molecule has 0 saturated heterocycles. The summed E-state index contributed by atoms with van der Waals surface area (Å²) in [7, 11) is 0. The van der Waals surface area contributed by atoms with E-state index < -0.39 is 0 Å². The molecule has 0 spiro atoms. The van der Waals surface area contributed by atoms with Crippen LogP contribution in [0.3, 0.4) is 0 Å². The van der Waals surface area contributed by atoms with Crippen LogP contribution in [-0.4, -0.2) is 35.5 Å². The molecule has 3 nitrogen and oxygen atoms in total. The zero-order chi connectivity index (χ0) is 8.69. The van der Waals surface area contributed by atoms with Crippen molar-refractivity contribution in [3.05, 3.63) is 0 Å². The maximum Gasteiger partial charge on any atom is 0.0636 e. The number of rotatable bonds is 6. The van der Waals surface area contributed by atoms with E-state index in [4.69, 9.17) is 10.2 Å². The highest BCUT2D eigenvalue weighted by Gasteiger charge is 1.96. The van der Waals surface area contributed by atoms with Crippen molar-refractivity contribution in [2.75, 3.05) is 13.1 Å². The predicted octanol–water partition coefficient (Wildman–Crippen LogP) is 0.118. The van der Waals surface area contributed by atoms with Crippen LogP contribution >= 0.6 is 0 Å². The summed E-state index contributed by atoms with van der Waals surface area (Å²) in [5.41, 5.74) is 0. The molecule has 0 aliphatic heterocycles. The molecule has 0 fully saturated rings. The standard InChI is InChI=1S/C8H19NO2/c1-7(10)4-3-5-9-6-8(2)11/h7-11H,3-6H2,1-2H3. The second-order valence-electron chi connectivity index (χ2n) is 3.04. The summed E-state index contributed by atoms with van der Waals surface area (Å²) >= 11 is 0. The maximum atomic E-state index is 8.88. The van der Waals surface area contributed by atoms with E-state index in [0.717, 1.165) is 19.4 Å². The van der Waals surface area contributed by atoms with Gasteiger partial charge in [0.15, 0.2) is 0 Å². The second-order valence-corrected chi connectivity index (χ2v) is 3.04. The van der Waals surface area contributed by atoms with Crippen molar-refractivity contribution >= 4 is 0 Å². The molecular formula is C8H19NO2. The molecule has 0 rings (SSSR count). The Balaban J connectivity index is 2.91. The van der Waals surface area contributed by atoms with E-state index in [1.807, 2.05) is 0 Å². The van der Waals surface area contributed by atoms with Gasteiger partial charge in [0.25, 0.3) is 0 Å². The predicted molar refractivity (Wildman–Crippen MR) is 45.5 cm³/mol. The fourth-order valence-corrected chi connectivity index (χ4v) is 0.833. The van der Waals surface area contributed by atoms with Gasteiger partial charge in [-0.25, -0.2) is 0 Å². The van der Waals surface area contributed by atoms with Gasteiger partial charge in [-0.2, -0.15) is 0 Å². The molecule has 2 atom stereocenters. The lowest BCUT2D eigenvalue weighted by molar-refractivity contribution is 0.176. The maximum absolute atomic E-state index is 8.88. The molecule has 68 valence electrons. The number of nitrogens with one attached hydrogen (secondary N) is 1. The van der Waals surface area contributed by atoms with E-state index in [-0.39, 0.29) is 12.2 Å². The highest BCUT2D eigenvalue weighted by molar-refractivity contribution is 4.54. The molecule has 0 aromatic heterocycles. The number of hydrogen-bond donors (Lipinski definition) is 3. The SMILES string of the molecule is CC(O)CCCNCC(C)O. The van der Waals surface area contributed by atoms with Crippen LogP contribution in [0, 0.1) is 0 Å². The van der Waals surface area contributed by atoms with Gasteiger partial charge < -0.3 is 15.5 Å². The summed E-state index contributed by atoms with van der Waals surface area (Å²) in [6, 6.07) is 0. The van der Waals surface area contributed by atoms with Crippen LogP contribution in [-0.2, 0) is 0 Å². The Morgan fingerprint density at radius 2 is 1.82 bits per heavy atom. The topological polar surface area (TPSA) is 52.5 Å². The van der Waals surface area contributed by atoms with Crippen molar-refractivity contribution in [1.29, 1.82) is 0 Å². The first-order chi connectivity index (χ1) is 5.13. The molecule has 0 amide bonds. The summed E-state index contributed by atoms with van der Waals surface area (Å²) in [5.74, 6) is 0. The summed E-state index contributed by atoms with van der Waals surface area (Å²) in [4.78, 5) is 0. The highest BCUT2D eigenvalue weighted by Crippen LogP contribution is 1.93. The Morgan fingerprint density at radius 1 is 1.18 bits per heavy atom. The number of aliphatic hydroxyl groups excluding tert-OH is 2. The third-order valence-electron chi connectivity index (χ3n) is 1.42. The zero-order valence-corrected chi connectivity index (χ0v) is 7.38. The molecule has 0 radical (unpaired) electrons. The number of aliphatic hydroxyl groups is 2. The molecule has 0 aliphatic carbocycles. The molecule has 0 aliphatic rings. The van der Waals surface area contributed by atoms with Crippen molar-refractivity contribution in [2.45, 2.75) is 38.9 Å². The van der Waals surface area contributed by atoms with Crippen LogP contribution in [0.1, 0.15) is 26.7 Å². The molecule has 0 aromatic rings. The van der Waals surface area contributed by atoms with Crippen LogP contribution in [0.5, 0.6) is 0 Å². The van der Waals surface area contributed by atoms with Crippen molar-refractivity contribution < 1.29 is 10.2 Å². The molecule has 3 heteroatoms. The van der Waals surface area contributed by atoms with Crippen molar-refractivity contribution in [2.24, 2.45) is 0 Å². The van der Waals surface area contributed by atoms with E-state index in [1.54, 1.807) is 13.8 Å². The fourth-order valence-electron chi connectivity index (χ4n) is 0.833.